The third-order valence-corrected chi connectivity index (χ3v) is 3.01. The van der Waals surface area contributed by atoms with Gasteiger partial charge in [0.25, 0.3) is 5.91 Å². The minimum atomic E-state index is -3.25. The number of carbonyl (C=O) groups is 1. The molecule has 0 fully saturated rings. The molecule has 0 aromatic heterocycles. The quantitative estimate of drug-likeness (QED) is 0.483. The van der Waals surface area contributed by atoms with E-state index in [-0.39, 0.29) is 19.0 Å². The zero-order chi connectivity index (χ0) is 15.2. The Morgan fingerprint density at radius 2 is 2.00 bits per heavy atom. The summed E-state index contributed by atoms with van der Waals surface area (Å²) in [6, 6.07) is 4.74. The third-order valence-electron chi connectivity index (χ3n) is 2.28. The number of rotatable bonds is 7. The van der Waals surface area contributed by atoms with E-state index in [4.69, 9.17) is 10.5 Å². The molecule has 1 amide bonds. The van der Waals surface area contributed by atoms with Gasteiger partial charge in [-0.15, -0.1) is 0 Å². The molecule has 8 heteroatoms. The van der Waals surface area contributed by atoms with Gasteiger partial charge in [-0.25, -0.2) is 13.1 Å². The van der Waals surface area contributed by atoms with Crippen molar-refractivity contribution in [2.24, 2.45) is 0 Å². The monoisotopic (exact) mass is 301 g/mol. The number of sulfonamides is 1. The molecule has 1 aromatic rings. The van der Waals surface area contributed by atoms with Crippen LogP contribution in [-0.4, -0.2) is 40.3 Å². The zero-order valence-electron chi connectivity index (χ0n) is 11.5. The molecule has 20 heavy (non-hydrogen) atoms. The van der Waals surface area contributed by atoms with Crippen LogP contribution in [-0.2, 0) is 10.0 Å². The lowest BCUT2D eigenvalue weighted by Gasteiger charge is -2.09. The van der Waals surface area contributed by atoms with E-state index in [0.717, 1.165) is 6.26 Å². The summed E-state index contributed by atoms with van der Waals surface area (Å²) < 4.78 is 29.3. The summed E-state index contributed by atoms with van der Waals surface area (Å²) in [5.74, 6) is 0.181. The van der Waals surface area contributed by atoms with E-state index in [1.54, 1.807) is 12.1 Å². The first-order valence-corrected chi connectivity index (χ1v) is 7.97. The Balaban J connectivity index is 2.59. The first-order valence-electron chi connectivity index (χ1n) is 6.08. The van der Waals surface area contributed by atoms with Crippen LogP contribution in [0.5, 0.6) is 5.75 Å². The molecule has 1 rings (SSSR count). The summed E-state index contributed by atoms with van der Waals surface area (Å²) in [5.41, 5.74) is 6.48. The Kier molecular flexibility index (Phi) is 5.78. The van der Waals surface area contributed by atoms with Gasteiger partial charge in [0.2, 0.25) is 10.0 Å². The highest BCUT2D eigenvalue weighted by Crippen LogP contribution is 2.18. The zero-order valence-corrected chi connectivity index (χ0v) is 12.3. The van der Waals surface area contributed by atoms with Gasteiger partial charge in [0.05, 0.1) is 12.9 Å². The Morgan fingerprint density at radius 3 is 2.60 bits per heavy atom. The van der Waals surface area contributed by atoms with Gasteiger partial charge < -0.3 is 15.8 Å². The molecule has 0 unspecified atom stereocenters. The predicted octanol–water partition coefficient (Wildman–Crippen LogP) is -0.0535. The van der Waals surface area contributed by atoms with Gasteiger partial charge in [-0.2, -0.15) is 0 Å². The van der Waals surface area contributed by atoms with Crippen molar-refractivity contribution in [3.63, 3.8) is 0 Å². The van der Waals surface area contributed by atoms with Crippen molar-refractivity contribution in [2.45, 2.75) is 6.92 Å². The molecule has 112 valence electrons. The number of nitrogens with two attached hydrogens (primary N) is 1. The van der Waals surface area contributed by atoms with Crippen LogP contribution in [0.25, 0.3) is 0 Å². The summed E-state index contributed by atoms with van der Waals surface area (Å²) in [6.45, 7) is 2.62. The summed E-state index contributed by atoms with van der Waals surface area (Å²) in [6.07, 6.45) is 1.06. The van der Waals surface area contributed by atoms with Gasteiger partial charge >= 0.3 is 0 Å². The maximum Gasteiger partial charge on any atom is 0.251 e. The van der Waals surface area contributed by atoms with Crippen LogP contribution in [0, 0.1) is 0 Å². The van der Waals surface area contributed by atoms with E-state index < -0.39 is 10.0 Å². The average molecular weight is 301 g/mol. The number of benzene rings is 1. The van der Waals surface area contributed by atoms with E-state index in [1.165, 1.54) is 6.07 Å². The summed E-state index contributed by atoms with van der Waals surface area (Å²) in [5, 5.41) is 2.59. The van der Waals surface area contributed by atoms with Crippen LogP contribution in [0.1, 0.15) is 17.3 Å². The van der Waals surface area contributed by atoms with Crippen molar-refractivity contribution in [2.75, 3.05) is 31.7 Å². The molecule has 0 saturated heterocycles. The topological polar surface area (TPSA) is 111 Å². The second kappa shape index (κ2) is 7.11. The number of nitrogens with one attached hydrogen (secondary N) is 2. The van der Waals surface area contributed by atoms with Gasteiger partial charge in [0.15, 0.2) is 0 Å². The first kappa shape index (κ1) is 16.3. The van der Waals surface area contributed by atoms with Crippen molar-refractivity contribution in [3.05, 3.63) is 23.8 Å². The number of hydrogen-bond donors (Lipinski definition) is 3. The van der Waals surface area contributed by atoms with Crippen LogP contribution in [0.15, 0.2) is 18.2 Å². The number of ether oxygens (including phenoxy) is 1. The highest BCUT2D eigenvalue weighted by atomic mass is 32.2. The normalized spacial score (nSPS) is 11.1. The lowest BCUT2D eigenvalue weighted by molar-refractivity contribution is 0.0954. The summed E-state index contributed by atoms with van der Waals surface area (Å²) in [7, 11) is -3.25. The Bertz CT molecular complexity index is 572. The highest BCUT2D eigenvalue weighted by molar-refractivity contribution is 7.88. The van der Waals surface area contributed by atoms with E-state index >= 15 is 0 Å². The van der Waals surface area contributed by atoms with Crippen molar-refractivity contribution in [3.8, 4) is 5.75 Å². The fraction of sp³-hybridized carbons (Fsp3) is 0.417. The fourth-order valence-electron chi connectivity index (χ4n) is 1.52. The molecule has 0 heterocycles. The fourth-order valence-corrected chi connectivity index (χ4v) is 1.99. The van der Waals surface area contributed by atoms with Gasteiger partial charge in [-0.05, 0) is 19.1 Å². The molecule has 0 bridgehead atoms. The molecule has 0 aliphatic heterocycles. The predicted molar refractivity (Wildman–Crippen MR) is 77.2 cm³/mol. The van der Waals surface area contributed by atoms with E-state index in [1.807, 2.05) is 6.92 Å². The number of carbonyl (C=O) groups excluding carboxylic acids is 1. The van der Waals surface area contributed by atoms with Crippen LogP contribution >= 0.6 is 0 Å². The summed E-state index contributed by atoms with van der Waals surface area (Å²) >= 11 is 0. The largest absolute Gasteiger partial charge is 0.494 e. The second-order valence-corrected chi connectivity index (χ2v) is 5.98. The van der Waals surface area contributed by atoms with Crippen LogP contribution in [0.4, 0.5) is 5.69 Å². The highest BCUT2D eigenvalue weighted by Gasteiger charge is 2.08. The van der Waals surface area contributed by atoms with E-state index in [9.17, 15) is 13.2 Å². The third kappa shape index (κ3) is 5.89. The molecule has 0 aliphatic carbocycles. The maximum absolute atomic E-state index is 11.9. The van der Waals surface area contributed by atoms with Crippen LogP contribution < -0.4 is 20.5 Å². The SMILES string of the molecule is CCOc1cc(N)cc(C(=O)NCCNS(C)(=O)=O)c1. The molecule has 7 nitrogen and oxygen atoms in total. The number of amides is 1. The minimum Gasteiger partial charge on any atom is -0.494 e. The van der Waals surface area contributed by atoms with E-state index in [2.05, 4.69) is 10.0 Å². The molecule has 0 aliphatic rings. The number of nitrogen functional groups attached to an aromatic ring is 1. The Hall–Kier alpha value is -1.80. The molecule has 0 atom stereocenters. The molecule has 4 N–H and O–H groups in total. The van der Waals surface area contributed by atoms with Crippen LogP contribution in [0.3, 0.4) is 0 Å². The molecule has 0 radical (unpaired) electrons. The number of hydrogen-bond acceptors (Lipinski definition) is 5. The smallest absolute Gasteiger partial charge is 0.251 e. The van der Waals surface area contributed by atoms with Gasteiger partial charge in [-0.1, -0.05) is 0 Å². The van der Waals surface area contributed by atoms with Crippen molar-refractivity contribution in [1.29, 1.82) is 0 Å². The Morgan fingerprint density at radius 1 is 1.30 bits per heavy atom. The van der Waals surface area contributed by atoms with Crippen molar-refractivity contribution in [1.82, 2.24) is 10.0 Å². The summed E-state index contributed by atoms with van der Waals surface area (Å²) in [4.78, 5) is 11.9. The van der Waals surface area contributed by atoms with E-state index in [0.29, 0.717) is 23.6 Å². The molecule has 0 saturated carbocycles. The standard InChI is InChI=1S/C12H19N3O4S/c1-3-19-11-7-9(6-10(13)8-11)12(16)14-4-5-15-20(2,17)18/h6-8,15H,3-5,13H2,1-2H3,(H,14,16). The molecule has 1 aromatic carbocycles. The van der Waals surface area contributed by atoms with Gasteiger partial charge in [-0.3, -0.25) is 4.79 Å². The van der Waals surface area contributed by atoms with Crippen LogP contribution in [0.2, 0.25) is 0 Å². The average Bonchev–Trinajstić information content (AvgIpc) is 2.33. The van der Waals surface area contributed by atoms with Crippen molar-refractivity contribution < 1.29 is 17.9 Å². The van der Waals surface area contributed by atoms with Crippen molar-refractivity contribution >= 4 is 21.6 Å². The first-order chi connectivity index (χ1) is 9.31. The maximum atomic E-state index is 11.9. The number of anilines is 1. The Labute approximate surface area is 118 Å². The lowest BCUT2D eigenvalue weighted by atomic mass is 10.1. The second-order valence-electron chi connectivity index (χ2n) is 4.15. The van der Waals surface area contributed by atoms with Gasteiger partial charge in [0, 0.05) is 30.4 Å². The minimum absolute atomic E-state index is 0.130. The molecular weight excluding hydrogens is 282 g/mol. The molecule has 0 spiro atoms. The lowest BCUT2D eigenvalue weighted by Crippen LogP contribution is -2.34. The molecular formula is C12H19N3O4S. The van der Waals surface area contributed by atoms with Gasteiger partial charge in [0.1, 0.15) is 5.75 Å².